The first kappa shape index (κ1) is 17.3. The Balaban J connectivity index is 2.02. The summed E-state index contributed by atoms with van der Waals surface area (Å²) in [7, 11) is 0. The molecule has 1 saturated heterocycles. The predicted molar refractivity (Wildman–Crippen MR) is 91.3 cm³/mol. The Kier molecular flexibility index (Phi) is 5.86. The zero-order valence-corrected chi connectivity index (χ0v) is 15.1. The standard InChI is InChI=1S/C15H23N3O2S2/c1-9(2)5-6-16-14(19)12-7-21-8-18(12)15(20)13-10(3)17-11(4)22-13/h9,12H,5-8H2,1-4H3,(H,16,19). The highest BCUT2D eigenvalue weighted by Gasteiger charge is 2.36. The van der Waals surface area contributed by atoms with E-state index >= 15 is 0 Å². The van der Waals surface area contributed by atoms with E-state index in [1.54, 1.807) is 16.7 Å². The number of nitrogens with zero attached hydrogens (tertiary/aromatic N) is 2. The lowest BCUT2D eigenvalue weighted by molar-refractivity contribution is -0.124. The van der Waals surface area contributed by atoms with E-state index in [4.69, 9.17) is 0 Å². The summed E-state index contributed by atoms with van der Waals surface area (Å²) >= 11 is 3.02. The molecule has 22 heavy (non-hydrogen) atoms. The Morgan fingerprint density at radius 3 is 2.73 bits per heavy atom. The van der Waals surface area contributed by atoms with E-state index in [1.165, 1.54) is 11.3 Å². The minimum Gasteiger partial charge on any atom is -0.354 e. The normalized spacial score (nSPS) is 18.0. The fourth-order valence-corrected chi connectivity index (χ4v) is 4.35. The van der Waals surface area contributed by atoms with Gasteiger partial charge in [-0.05, 0) is 26.2 Å². The smallest absolute Gasteiger partial charge is 0.267 e. The first-order valence-electron chi connectivity index (χ1n) is 7.50. The molecule has 0 aromatic carbocycles. The molecule has 1 atom stereocenters. The van der Waals surface area contributed by atoms with Gasteiger partial charge in [-0.15, -0.1) is 23.1 Å². The Bertz CT molecular complexity index is 557. The summed E-state index contributed by atoms with van der Waals surface area (Å²) in [6, 6.07) is -0.369. The number of hydrogen-bond acceptors (Lipinski definition) is 5. The molecule has 7 heteroatoms. The van der Waals surface area contributed by atoms with Crippen LogP contribution in [0.4, 0.5) is 0 Å². The Hall–Kier alpha value is -1.08. The molecule has 2 rings (SSSR count). The van der Waals surface area contributed by atoms with Crippen molar-refractivity contribution in [3.05, 3.63) is 15.6 Å². The molecule has 1 aliphatic heterocycles. The van der Waals surface area contributed by atoms with Crippen LogP contribution in [-0.2, 0) is 4.79 Å². The SMILES string of the molecule is Cc1nc(C)c(C(=O)N2CSCC2C(=O)NCCC(C)C)s1. The van der Waals surface area contributed by atoms with Crippen LogP contribution in [0.1, 0.15) is 40.6 Å². The highest BCUT2D eigenvalue weighted by Crippen LogP contribution is 2.26. The monoisotopic (exact) mass is 341 g/mol. The quantitative estimate of drug-likeness (QED) is 0.893. The van der Waals surface area contributed by atoms with Crippen LogP contribution in [-0.4, -0.2) is 45.9 Å². The van der Waals surface area contributed by atoms with Crippen LogP contribution in [0.2, 0.25) is 0 Å². The molecule has 2 heterocycles. The number of carbonyl (C=O) groups is 2. The zero-order valence-electron chi connectivity index (χ0n) is 13.5. The summed E-state index contributed by atoms with van der Waals surface area (Å²) in [6.45, 7) is 8.66. The molecule has 1 aromatic rings. The third-order valence-corrected chi connectivity index (χ3v) is 5.64. The molecule has 0 aliphatic carbocycles. The van der Waals surface area contributed by atoms with Crippen molar-refractivity contribution < 1.29 is 9.59 Å². The lowest BCUT2D eigenvalue weighted by Gasteiger charge is -2.22. The van der Waals surface area contributed by atoms with Gasteiger partial charge < -0.3 is 10.2 Å². The number of aryl methyl sites for hydroxylation is 2. The highest BCUT2D eigenvalue weighted by molar-refractivity contribution is 7.99. The van der Waals surface area contributed by atoms with Crippen LogP contribution in [0.25, 0.3) is 0 Å². The van der Waals surface area contributed by atoms with Gasteiger partial charge >= 0.3 is 0 Å². The first-order chi connectivity index (χ1) is 10.4. The van der Waals surface area contributed by atoms with E-state index in [0.29, 0.717) is 29.0 Å². The Morgan fingerprint density at radius 1 is 1.41 bits per heavy atom. The van der Waals surface area contributed by atoms with Crippen LogP contribution < -0.4 is 5.32 Å². The van der Waals surface area contributed by atoms with Crippen molar-refractivity contribution in [3.63, 3.8) is 0 Å². The van der Waals surface area contributed by atoms with Gasteiger partial charge in [0.25, 0.3) is 5.91 Å². The zero-order chi connectivity index (χ0) is 16.3. The fourth-order valence-electron chi connectivity index (χ4n) is 2.32. The number of hydrogen-bond donors (Lipinski definition) is 1. The molecule has 1 aliphatic rings. The van der Waals surface area contributed by atoms with E-state index in [0.717, 1.165) is 17.1 Å². The second-order valence-electron chi connectivity index (χ2n) is 5.91. The first-order valence-corrected chi connectivity index (χ1v) is 9.47. The van der Waals surface area contributed by atoms with Gasteiger partial charge in [-0.3, -0.25) is 9.59 Å². The molecule has 0 bridgehead atoms. The lowest BCUT2D eigenvalue weighted by atomic mass is 10.1. The Morgan fingerprint density at radius 2 is 2.14 bits per heavy atom. The minimum atomic E-state index is -0.369. The number of thioether (sulfide) groups is 1. The second-order valence-corrected chi connectivity index (χ2v) is 8.11. The summed E-state index contributed by atoms with van der Waals surface area (Å²) in [4.78, 5) is 31.6. The molecular weight excluding hydrogens is 318 g/mol. The maximum atomic E-state index is 12.7. The summed E-state index contributed by atoms with van der Waals surface area (Å²) in [5.74, 6) is 1.67. The van der Waals surface area contributed by atoms with E-state index in [9.17, 15) is 9.59 Å². The number of rotatable bonds is 5. The van der Waals surface area contributed by atoms with Crippen molar-refractivity contribution in [1.82, 2.24) is 15.2 Å². The van der Waals surface area contributed by atoms with Crippen LogP contribution in [0, 0.1) is 19.8 Å². The molecule has 0 spiro atoms. The van der Waals surface area contributed by atoms with Gasteiger partial charge in [0.1, 0.15) is 10.9 Å². The number of nitrogens with one attached hydrogen (secondary N) is 1. The molecule has 1 fully saturated rings. The highest BCUT2D eigenvalue weighted by atomic mass is 32.2. The number of amides is 2. The third-order valence-electron chi connectivity index (χ3n) is 3.56. The van der Waals surface area contributed by atoms with Gasteiger partial charge in [0, 0.05) is 12.3 Å². The molecule has 5 nitrogen and oxygen atoms in total. The van der Waals surface area contributed by atoms with Crippen molar-refractivity contribution in [2.75, 3.05) is 18.2 Å². The average Bonchev–Trinajstić information content (AvgIpc) is 3.04. The van der Waals surface area contributed by atoms with Crippen molar-refractivity contribution in [2.24, 2.45) is 5.92 Å². The third kappa shape index (κ3) is 4.01. The lowest BCUT2D eigenvalue weighted by Crippen LogP contribution is -2.47. The molecule has 1 unspecified atom stereocenters. The second kappa shape index (κ2) is 7.46. The largest absolute Gasteiger partial charge is 0.354 e. The number of thiazole rings is 1. The van der Waals surface area contributed by atoms with Crippen LogP contribution in [0.5, 0.6) is 0 Å². The summed E-state index contributed by atoms with van der Waals surface area (Å²) in [6.07, 6.45) is 0.951. The van der Waals surface area contributed by atoms with Gasteiger partial charge in [0.2, 0.25) is 5.91 Å². The average molecular weight is 342 g/mol. The van der Waals surface area contributed by atoms with Crippen molar-refractivity contribution in [3.8, 4) is 0 Å². The minimum absolute atomic E-state index is 0.0436. The molecule has 0 saturated carbocycles. The van der Waals surface area contributed by atoms with Crippen LogP contribution in [0.3, 0.4) is 0 Å². The molecule has 1 aromatic heterocycles. The van der Waals surface area contributed by atoms with Crippen LogP contribution >= 0.6 is 23.1 Å². The van der Waals surface area contributed by atoms with Gasteiger partial charge in [-0.1, -0.05) is 13.8 Å². The van der Waals surface area contributed by atoms with E-state index < -0.39 is 0 Å². The van der Waals surface area contributed by atoms with Crippen molar-refractivity contribution in [1.29, 1.82) is 0 Å². The summed E-state index contributed by atoms with van der Waals surface area (Å²) in [5.41, 5.74) is 0.753. The summed E-state index contributed by atoms with van der Waals surface area (Å²) in [5, 5.41) is 3.83. The van der Waals surface area contributed by atoms with Gasteiger partial charge in [-0.25, -0.2) is 4.98 Å². The fraction of sp³-hybridized carbons (Fsp3) is 0.667. The molecular formula is C15H23N3O2S2. The van der Waals surface area contributed by atoms with Gasteiger partial charge in [0.05, 0.1) is 16.6 Å². The predicted octanol–water partition coefficient (Wildman–Crippen LogP) is 2.44. The summed E-state index contributed by atoms with van der Waals surface area (Å²) < 4.78 is 0. The van der Waals surface area contributed by atoms with Crippen molar-refractivity contribution in [2.45, 2.75) is 40.2 Å². The van der Waals surface area contributed by atoms with Crippen molar-refractivity contribution >= 4 is 34.9 Å². The van der Waals surface area contributed by atoms with E-state index in [1.807, 2.05) is 13.8 Å². The molecule has 2 amide bonds. The molecule has 122 valence electrons. The maximum absolute atomic E-state index is 12.7. The van der Waals surface area contributed by atoms with Gasteiger partial charge in [0.15, 0.2) is 0 Å². The van der Waals surface area contributed by atoms with Gasteiger partial charge in [-0.2, -0.15) is 0 Å². The maximum Gasteiger partial charge on any atom is 0.267 e. The van der Waals surface area contributed by atoms with E-state index in [-0.39, 0.29) is 17.9 Å². The number of carbonyl (C=O) groups excluding carboxylic acids is 2. The molecule has 0 radical (unpaired) electrons. The van der Waals surface area contributed by atoms with E-state index in [2.05, 4.69) is 24.1 Å². The van der Waals surface area contributed by atoms with Crippen LogP contribution in [0.15, 0.2) is 0 Å². The topological polar surface area (TPSA) is 62.3 Å². The Labute approximate surface area is 139 Å². The number of aromatic nitrogens is 1. The molecule has 1 N–H and O–H groups in total.